The van der Waals surface area contributed by atoms with E-state index in [1.54, 1.807) is 6.92 Å². The lowest BCUT2D eigenvalue weighted by molar-refractivity contribution is -0.141. The van der Waals surface area contributed by atoms with Gasteiger partial charge < -0.3 is 5.11 Å². The fourth-order valence-corrected chi connectivity index (χ4v) is 1.33. The lowest BCUT2D eigenvalue weighted by atomic mass is 10.2. The van der Waals surface area contributed by atoms with Gasteiger partial charge in [0.15, 0.2) is 10.8 Å². The van der Waals surface area contributed by atoms with E-state index in [0.717, 1.165) is 0 Å². The summed E-state index contributed by atoms with van der Waals surface area (Å²) in [4.78, 5) is 14.4. The van der Waals surface area contributed by atoms with Crippen LogP contribution in [-0.4, -0.2) is 25.8 Å². The molecule has 0 saturated heterocycles. The zero-order valence-corrected chi connectivity index (χ0v) is 8.02. The highest BCUT2D eigenvalue weighted by atomic mass is 79.9. The van der Waals surface area contributed by atoms with Gasteiger partial charge >= 0.3 is 5.97 Å². The van der Waals surface area contributed by atoms with Crippen LogP contribution in [-0.2, 0) is 4.79 Å². The van der Waals surface area contributed by atoms with Gasteiger partial charge in [-0.3, -0.25) is 0 Å². The highest BCUT2D eigenvalue weighted by Crippen LogP contribution is 2.15. The molecule has 5 nitrogen and oxygen atoms in total. The van der Waals surface area contributed by atoms with E-state index in [0.29, 0.717) is 11.2 Å². The first-order chi connectivity index (χ1) is 5.66. The molecule has 0 aliphatic carbocycles. The van der Waals surface area contributed by atoms with Crippen LogP contribution in [0, 0.1) is 0 Å². The van der Waals surface area contributed by atoms with Crippen LogP contribution in [0.4, 0.5) is 0 Å². The monoisotopic (exact) mass is 233 g/mol. The lowest BCUT2D eigenvalue weighted by Crippen LogP contribution is -2.19. The summed E-state index contributed by atoms with van der Waals surface area (Å²) in [6, 6.07) is -0.637. The summed E-state index contributed by atoms with van der Waals surface area (Å²) >= 11 is 3.10. The maximum Gasteiger partial charge on any atom is 0.328 e. The molecule has 0 radical (unpaired) electrons. The summed E-state index contributed by atoms with van der Waals surface area (Å²) in [5.41, 5.74) is 0. The summed E-state index contributed by atoms with van der Waals surface area (Å²) in [6.07, 6.45) is 1.80. The van der Waals surface area contributed by atoms with Crippen LogP contribution < -0.4 is 0 Å². The Morgan fingerprint density at radius 1 is 1.92 bits per heavy atom. The third-order valence-electron chi connectivity index (χ3n) is 1.50. The fraction of sp³-hybridized carbons (Fsp3) is 0.500. The van der Waals surface area contributed by atoms with Crippen molar-refractivity contribution in [2.75, 3.05) is 0 Å². The average Bonchev–Trinajstić information content (AvgIpc) is 2.38. The Morgan fingerprint density at radius 2 is 2.58 bits per heavy atom. The van der Waals surface area contributed by atoms with Crippen LogP contribution in [0.3, 0.4) is 0 Å². The first kappa shape index (κ1) is 9.18. The summed E-state index contributed by atoms with van der Waals surface area (Å²) in [5, 5.41) is 12.5. The van der Waals surface area contributed by atoms with Gasteiger partial charge in [0.25, 0.3) is 0 Å². The second-order valence-electron chi connectivity index (χ2n) is 2.24. The molecule has 1 N–H and O–H groups in total. The first-order valence-electron chi connectivity index (χ1n) is 3.44. The second-order valence-corrected chi connectivity index (χ2v) is 2.95. The Kier molecular flexibility index (Phi) is 2.80. The topological polar surface area (TPSA) is 68.0 Å². The van der Waals surface area contributed by atoms with Gasteiger partial charge in [-0.15, -0.1) is 0 Å². The number of hydrogen-bond donors (Lipinski definition) is 1. The molecule has 0 spiro atoms. The smallest absolute Gasteiger partial charge is 0.328 e. The predicted octanol–water partition coefficient (Wildman–Crippen LogP) is 1.08. The van der Waals surface area contributed by atoms with E-state index in [-0.39, 0.29) is 0 Å². The molecule has 1 aromatic heterocycles. The van der Waals surface area contributed by atoms with E-state index in [1.807, 2.05) is 0 Å². The van der Waals surface area contributed by atoms with Crippen LogP contribution in [0.1, 0.15) is 19.4 Å². The highest BCUT2D eigenvalue weighted by Gasteiger charge is 2.19. The van der Waals surface area contributed by atoms with E-state index < -0.39 is 12.0 Å². The number of halogens is 1. The fourth-order valence-electron chi connectivity index (χ4n) is 0.897. The number of carboxylic acids is 1. The molecule has 6 heteroatoms. The number of hydrogen-bond acceptors (Lipinski definition) is 3. The Labute approximate surface area is 77.5 Å². The molecule has 1 atom stereocenters. The Bertz CT molecular complexity index is 286. The molecule has 12 heavy (non-hydrogen) atoms. The molecular weight excluding hydrogens is 226 g/mol. The average molecular weight is 234 g/mol. The van der Waals surface area contributed by atoms with Crippen LogP contribution in [0.25, 0.3) is 0 Å². The minimum Gasteiger partial charge on any atom is -0.480 e. The van der Waals surface area contributed by atoms with Crippen LogP contribution in [0.15, 0.2) is 11.1 Å². The van der Waals surface area contributed by atoms with Crippen molar-refractivity contribution in [2.24, 2.45) is 0 Å². The van der Waals surface area contributed by atoms with E-state index in [1.165, 1.54) is 11.0 Å². The van der Waals surface area contributed by atoms with Gasteiger partial charge in [-0.25, -0.2) is 14.5 Å². The Balaban J connectivity index is 2.94. The standard InChI is InChI=1S/C6H8BrN3O2/c1-2-4(5(11)12)10-6(7)8-3-9-10/h3-4H,2H2,1H3,(H,11,12)/t4-/m0/s1. The molecule has 0 unspecified atom stereocenters. The summed E-state index contributed by atoms with van der Waals surface area (Å²) in [5.74, 6) is -0.899. The molecule has 0 aliphatic rings. The SMILES string of the molecule is CC[C@@H](C(=O)O)n1ncnc1Br. The Hall–Kier alpha value is -0.910. The number of nitrogens with zero attached hydrogens (tertiary/aromatic N) is 3. The summed E-state index contributed by atoms with van der Waals surface area (Å²) in [6.45, 7) is 1.78. The van der Waals surface area contributed by atoms with Gasteiger partial charge in [0.05, 0.1) is 0 Å². The molecule has 0 fully saturated rings. The molecule has 1 aromatic rings. The van der Waals surface area contributed by atoms with E-state index in [9.17, 15) is 4.79 Å². The summed E-state index contributed by atoms with van der Waals surface area (Å²) in [7, 11) is 0. The second kappa shape index (κ2) is 3.66. The van der Waals surface area contributed by atoms with Crippen molar-refractivity contribution >= 4 is 21.9 Å². The lowest BCUT2D eigenvalue weighted by Gasteiger charge is -2.09. The predicted molar refractivity (Wildman–Crippen MR) is 44.7 cm³/mol. The Morgan fingerprint density at radius 3 is 2.92 bits per heavy atom. The van der Waals surface area contributed by atoms with Crippen molar-refractivity contribution in [2.45, 2.75) is 19.4 Å². The van der Waals surface area contributed by atoms with Gasteiger partial charge in [0, 0.05) is 0 Å². The van der Waals surface area contributed by atoms with Gasteiger partial charge in [0.2, 0.25) is 0 Å². The minimum absolute atomic E-state index is 0.441. The van der Waals surface area contributed by atoms with Crippen molar-refractivity contribution in [3.8, 4) is 0 Å². The van der Waals surface area contributed by atoms with Crippen molar-refractivity contribution in [3.05, 3.63) is 11.1 Å². The molecule has 66 valence electrons. The van der Waals surface area contributed by atoms with Gasteiger partial charge in [-0.2, -0.15) is 5.10 Å². The minimum atomic E-state index is -0.899. The number of aliphatic carboxylic acids is 1. The van der Waals surface area contributed by atoms with E-state index >= 15 is 0 Å². The number of carboxylic acid groups (broad SMARTS) is 1. The van der Waals surface area contributed by atoms with Crippen molar-refractivity contribution in [1.82, 2.24) is 14.8 Å². The zero-order chi connectivity index (χ0) is 9.14. The normalized spacial score (nSPS) is 12.8. The largest absolute Gasteiger partial charge is 0.480 e. The molecule has 0 aromatic carbocycles. The third-order valence-corrected chi connectivity index (χ3v) is 2.06. The summed E-state index contributed by atoms with van der Waals surface area (Å²) < 4.78 is 1.78. The number of carbonyl (C=O) groups is 1. The first-order valence-corrected chi connectivity index (χ1v) is 4.24. The molecule has 1 heterocycles. The van der Waals surface area contributed by atoms with Gasteiger partial charge in [0.1, 0.15) is 6.33 Å². The van der Waals surface area contributed by atoms with Crippen molar-refractivity contribution in [1.29, 1.82) is 0 Å². The van der Waals surface area contributed by atoms with Crippen molar-refractivity contribution < 1.29 is 9.90 Å². The van der Waals surface area contributed by atoms with Gasteiger partial charge in [-0.05, 0) is 22.4 Å². The molecule has 0 saturated carbocycles. The van der Waals surface area contributed by atoms with E-state index in [4.69, 9.17) is 5.11 Å². The van der Waals surface area contributed by atoms with Crippen LogP contribution >= 0.6 is 15.9 Å². The molecular formula is C6H8BrN3O2. The highest BCUT2D eigenvalue weighted by molar-refractivity contribution is 9.10. The molecule has 1 rings (SSSR count). The molecule has 0 bridgehead atoms. The third kappa shape index (κ3) is 1.63. The number of aromatic nitrogens is 3. The van der Waals surface area contributed by atoms with Crippen LogP contribution in [0.2, 0.25) is 0 Å². The van der Waals surface area contributed by atoms with Crippen molar-refractivity contribution in [3.63, 3.8) is 0 Å². The van der Waals surface area contributed by atoms with Gasteiger partial charge in [-0.1, -0.05) is 6.92 Å². The number of rotatable bonds is 3. The zero-order valence-electron chi connectivity index (χ0n) is 6.44. The van der Waals surface area contributed by atoms with E-state index in [2.05, 4.69) is 26.0 Å². The molecule has 0 aliphatic heterocycles. The maximum atomic E-state index is 10.7. The molecule has 0 amide bonds. The quantitative estimate of drug-likeness (QED) is 0.849. The maximum absolute atomic E-state index is 10.7. The van der Waals surface area contributed by atoms with Crippen LogP contribution in [0.5, 0.6) is 0 Å².